The first-order valence-electron chi connectivity index (χ1n) is 6.23. The van der Waals surface area contributed by atoms with Crippen molar-refractivity contribution in [3.05, 3.63) is 59.4 Å². The highest BCUT2D eigenvalue weighted by Crippen LogP contribution is 2.27. The van der Waals surface area contributed by atoms with Gasteiger partial charge in [0, 0.05) is 35.1 Å². The molecule has 5 nitrogen and oxygen atoms in total. The predicted molar refractivity (Wildman–Crippen MR) is 77.5 cm³/mol. The molecule has 4 rings (SSSR count). The van der Waals surface area contributed by atoms with Crippen LogP contribution in [0.1, 0.15) is 0 Å². The van der Waals surface area contributed by atoms with Crippen LogP contribution in [0.2, 0.25) is 0 Å². The zero-order valence-electron chi connectivity index (χ0n) is 10.4. The van der Waals surface area contributed by atoms with Gasteiger partial charge in [-0.05, 0) is 5.39 Å². The van der Waals surface area contributed by atoms with Crippen molar-refractivity contribution < 1.29 is 0 Å². The molecule has 3 aromatic heterocycles. The van der Waals surface area contributed by atoms with Crippen LogP contribution in [0, 0.1) is 0 Å². The van der Waals surface area contributed by atoms with Gasteiger partial charge in [-0.1, -0.05) is 24.3 Å². The minimum atomic E-state index is -0.128. The fourth-order valence-corrected chi connectivity index (χ4v) is 2.49. The van der Waals surface area contributed by atoms with E-state index >= 15 is 0 Å². The van der Waals surface area contributed by atoms with E-state index in [1.807, 2.05) is 24.3 Å². The summed E-state index contributed by atoms with van der Waals surface area (Å²) in [6.07, 6.45) is 6.96. The van der Waals surface area contributed by atoms with Crippen LogP contribution < -0.4 is 5.56 Å². The van der Waals surface area contributed by atoms with Crippen molar-refractivity contribution >= 4 is 21.7 Å². The number of nitrogens with zero attached hydrogens (tertiary/aromatic N) is 2. The second kappa shape index (κ2) is 4.03. The number of hydrogen-bond donors (Lipinski definition) is 2. The first kappa shape index (κ1) is 10.9. The number of pyridine rings is 2. The molecule has 0 amide bonds. The monoisotopic (exact) mass is 262 g/mol. The second-order valence-electron chi connectivity index (χ2n) is 4.59. The Balaban J connectivity index is 2.23. The molecule has 5 heteroatoms. The zero-order valence-corrected chi connectivity index (χ0v) is 10.4. The Morgan fingerprint density at radius 1 is 1.05 bits per heavy atom. The molecule has 0 aliphatic heterocycles. The Hall–Kier alpha value is -2.95. The Morgan fingerprint density at radius 2 is 1.95 bits per heavy atom. The van der Waals surface area contributed by atoms with Crippen LogP contribution in [-0.4, -0.2) is 20.2 Å². The van der Waals surface area contributed by atoms with E-state index in [1.165, 1.54) is 0 Å². The molecule has 1 aromatic carbocycles. The molecule has 96 valence electrons. The van der Waals surface area contributed by atoms with Gasteiger partial charge in [0.1, 0.15) is 0 Å². The molecule has 0 spiro atoms. The molecule has 0 bridgehead atoms. The predicted octanol–water partition coefficient (Wildman–Crippen LogP) is 2.47. The lowest BCUT2D eigenvalue weighted by molar-refractivity contribution is 1.09. The molecule has 0 aliphatic rings. The van der Waals surface area contributed by atoms with E-state index in [1.54, 1.807) is 24.8 Å². The maximum absolute atomic E-state index is 12.2. The highest BCUT2D eigenvalue weighted by molar-refractivity contribution is 6.08. The van der Waals surface area contributed by atoms with Gasteiger partial charge >= 0.3 is 0 Å². The summed E-state index contributed by atoms with van der Waals surface area (Å²) < 4.78 is 0. The van der Waals surface area contributed by atoms with Gasteiger partial charge in [0.2, 0.25) is 0 Å². The van der Waals surface area contributed by atoms with Crippen LogP contribution in [0.3, 0.4) is 0 Å². The van der Waals surface area contributed by atoms with Gasteiger partial charge in [0.15, 0.2) is 0 Å². The van der Waals surface area contributed by atoms with E-state index in [2.05, 4.69) is 20.2 Å². The molecule has 0 fully saturated rings. The molecule has 0 aliphatic carbocycles. The van der Waals surface area contributed by atoms with Crippen LogP contribution in [-0.2, 0) is 0 Å². The maximum Gasteiger partial charge on any atom is 0.258 e. The third-order valence-corrected chi connectivity index (χ3v) is 3.44. The topological polar surface area (TPSA) is 74.4 Å². The van der Waals surface area contributed by atoms with Crippen LogP contribution >= 0.6 is 0 Å². The number of rotatable bonds is 1. The summed E-state index contributed by atoms with van der Waals surface area (Å²) in [4.78, 5) is 19.4. The van der Waals surface area contributed by atoms with Crippen molar-refractivity contribution in [3.8, 4) is 11.1 Å². The number of nitrogens with one attached hydrogen (secondary N) is 2. The molecule has 0 saturated heterocycles. The Morgan fingerprint density at radius 3 is 2.80 bits per heavy atom. The molecule has 2 N–H and O–H groups in total. The number of fused-ring (bicyclic) bond motifs is 3. The number of benzene rings is 1. The largest absolute Gasteiger partial charge is 0.328 e. The molecule has 4 aromatic rings. The van der Waals surface area contributed by atoms with Gasteiger partial charge in [-0.25, -0.2) is 0 Å². The van der Waals surface area contributed by atoms with E-state index in [0.717, 1.165) is 21.9 Å². The fraction of sp³-hybridized carbons (Fsp3) is 0. The van der Waals surface area contributed by atoms with Gasteiger partial charge in [-0.15, -0.1) is 0 Å². The van der Waals surface area contributed by atoms with Crippen molar-refractivity contribution in [1.29, 1.82) is 0 Å². The van der Waals surface area contributed by atoms with Crippen LogP contribution in [0.25, 0.3) is 32.8 Å². The van der Waals surface area contributed by atoms with Gasteiger partial charge in [-0.2, -0.15) is 5.10 Å². The number of hydrogen-bond acceptors (Lipinski definition) is 3. The van der Waals surface area contributed by atoms with Crippen molar-refractivity contribution in [3.63, 3.8) is 0 Å². The van der Waals surface area contributed by atoms with E-state index in [4.69, 9.17) is 0 Å². The van der Waals surface area contributed by atoms with Gasteiger partial charge in [-0.3, -0.25) is 14.9 Å². The lowest BCUT2D eigenvalue weighted by atomic mass is 10.0. The Labute approximate surface area is 113 Å². The van der Waals surface area contributed by atoms with Crippen molar-refractivity contribution in [2.75, 3.05) is 0 Å². The number of H-pyrrole nitrogens is 2. The highest BCUT2D eigenvalue weighted by atomic mass is 16.1. The van der Waals surface area contributed by atoms with Gasteiger partial charge < -0.3 is 4.98 Å². The SMILES string of the molecule is O=c1[nH]cc(-c2cn[nH]c2)c2ncc3ccccc3c12. The quantitative estimate of drug-likeness (QED) is 0.517. The standard InChI is InChI=1S/C15H10N4O/c20-15-13-11-4-2-1-3-9(11)5-16-14(13)12(8-17-15)10-6-18-19-7-10/h1-8H,(H,17,20)(H,18,19). The minimum absolute atomic E-state index is 0.128. The van der Waals surface area contributed by atoms with Crippen LogP contribution in [0.15, 0.2) is 53.8 Å². The minimum Gasteiger partial charge on any atom is -0.328 e. The molecular weight excluding hydrogens is 252 g/mol. The van der Waals surface area contributed by atoms with Crippen LogP contribution in [0.5, 0.6) is 0 Å². The molecule has 3 heterocycles. The summed E-state index contributed by atoms with van der Waals surface area (Å²) in [7, 11) is 0. The smallest absolute Gasteiger partial charge is 0.258 e. The number of aromatic amines is 2. The van der Waals surface area contributed by atoms with E-state index in [-0.39, 0.29) is 5.56 Å². The Bertz CT molecular complexity index is 970. The lowest BCUT2D eigenvalue weighted by Gasteiger charge is -2.06. The van der Waals surface area contributed by atoms with Crippen molar-refractivity contribution in [2.24, 2.45) is 0 Å². The third-order valence-electron chi connectivity index (χ3n) is 3.44. The average molecular weight is 262 g/mol. The summed E-state index contributed by atoms with van der Waals surface area (Å²) in [5.41, 5.74) is 2.32. The highest BCUT2D eigenvalue weighted by Gasteiger charge is 2.11. The maximum atomic E-state index is 12.2. The van der Waals surface area contributed by atoms with Gasteiger partial charge in [0.05, 0.1) is 17.1 Å². The number of aromatic nitrogens is 4. The van der Waals surface area contributed by atoms with E-state index < -0.39 is 0 Å². The summed E-state index contributed by atoms with van der Waals surface area (Å²) in [6, 6.07) is 7.75. The molecule has 0 atom stereocenters. The third kappa shape index (κ3) is 1.46. The summed E-state index contributed by atoms with van der Waals surface area (Å²) >= 11 is 0. The van der Waals surface area contributed by atoms with Crippen molar-refractivity contribution in [2.45, 2.75) is 0 Å². The Kier molecular flexibility index (Phi) is 2.20. The summed E-state index contributed by atoms with van der Waals surface area (Å²) in [5, 5.41) is 9.19. The first-order valence-corrected chi connectivity index (χ1v) is 6.23. The normalized spacial score (nSPS) is 11.2. The summed E-state index contributed by atoms with van der Waals surface area (Å²) in [5.74, 6) is 0. The fourth-order valence-electron chi connectivity index (χ4n) is 2.49. The van der Waals surface area contributed by atoms with Crippen molar-refractivity contribution in [1.82, 2.24) is 20.2 Å². The van der Waals surface area contributed by atoms with E-state index in [0.29, 0.717) is 10.9 Å². The first-order chi connectivity index (χ1) is 9.84. The molecular formula is C15H10N4O. The molecule has 20 heavy (non-hydrogen) atoms. The average Bonchev–Trinajstić information content (AvgIpc) is 3.01. The van der Waals surface area contributed by atoms with Crippen LogP contribution in [0.4, 0.5) is 0 Å². The van der Waals surface area contributed by atoms with E-state index in [9.17, 15) is 4.79 Å². The molecule has 0 radical (unpaired) electrons. The molecule has 0 unspecified atom stereocenters. The zero-order chi connectivity index (χ0) is 13.5. The molecule has 0 saturated carbocycles. The second-order valence-corrected chi connectivity index (χ2v) is 4.59. The summed E-state index contributed by atoms with van der Waals surface area (Å²) in [6.45, 7) is 0. The lowest BCUT2D eigenvalue weighted by Crippen LogP contribution is -2.07. The van der Waals surface area contributed by atoms with Gasteiger partial charge in [0.25, 0.3) is 5.56 Å².